The second-order valence-corrected chi connectivity index (χ2v) is 5.09. The van der Waals surface area contributed by atoms with Gasteiger partial charge in [0.25, 0.3) is 0 Å². The Kier molecular flexibility index (Phi) is 4.21. The van der Waals surface area contributed by atoms with E-state index in [-0.39, 0.29) is 0 Å². The smallest absolute Gasteiger partial charge is 0.326 e. The van der Waals surface area contributed by atoms with E-state index < -0.39 is 29.3 Å². The molecule has 7 heteroatoms. The molecule has 2 aromatic rings. The average molecular weight is 313 g/mol. The van der Waals surface area contributed by atoms with Crippen molar-refractivity contribution in [2.45, 2.75) is 24.7 Å². The molecule has 0 aliphatic carbocycles. The summed E-state index contributed by atoms with van der Waals surface area (Å²) in [6.45, 7) is 1.63. The molecule has 1 aromatic heterocycles. The van der Waals surface area contributed by atoms with E-state index in [0.29, 0.717) is 11.1 Å². The molecule has 0 amide bonds. The summed E-state index contributed by atoms with van der Waals surface area (Å²) >= 11 is 0. The highest BCUT2D eigenvalue weighted by Crippen LogP contribution is 2.32. The fourth-order valence-electron chi connectivity index (χ4n) is 2.22. The van der Waals surface area contributed by atoms with Crippen LogP contribution in [0.4, 0.5) is 17.6 Å². The van der Waals surface area contributed by atoms with E-state index in [2.05, 4.69) is 4.98 Å². The Morgan fingerprint density at radius 3 is 1.95 bits per heavy atom. The lowest BCUT2D eigenvalue weighted by Crippen LogP contribution is -2.52. The monoisotopic (exact) mass is 313 g/mol. The van der Waals surface area contributed by atoms with Crippen LogP contribution in [0.5, 0.6) is 0 Å². The molecule has 1 heterocycles. The van der Waals surface area contributed by atoms with E-state index >= 15 is 0 Å². The summed E-state index contributed by atoms with van der Waals surface area (Å²) < 4.78 is 50.8. The van der Waals surface area contributed by atoms with Gasteiger partial charge in [-0.25, -0.2) is 4.39 Å². The average Bonchev–Trinajstić information content (AvgIpc) is 2.46. The topological polar surface area (TPSA) is 64.9 Å². The van der Waals surface area contributed by atoms with Crippen LogP contribution >= 0.6 is 0 Å². The summed E-state index contributed by atoms with van der Waals surface area (Å²) in [5.41, 5.74) is 10.8. The number of aromatic nitrogens is 1. The molecule has 2 rings (SSSR count). The Morgan fingerprint density at radius 2 is 1.55 bits per heavy atom. The number of nitrogens with zero attached hydrogens (tertiary/aromatic N) is 1. The fourth-order valence-corrected chi connectivity index (χ4v) is 2.22. The molecule has 0 saturated carbocycles. The Labute approximate surface area is 125 Å². The maximum absolute atomic E-state index is 13.1. The molecule has 0 radical (unpaired) electrons. The minimum Gasteiger partial charge on any atom is -0.326 e. The van der Waals surface area contributed by atoms with Crippen LogP contribution in [0.25, 0.3) is 0 Å². The van der Waals surface area contributed by atoms with Gasteiger partial charge < -0.3 is 11.5 Å². The number of halogens is 4. The second kappa shape index (κ2) is 5.66. The van der Waals surface area contributed by atoms with Crippen LogP contribution in [0.1, 0.15) is 23.7 Å². The minimum absolute atomic E-state index is 0.321. The lowest BCUT2D eigenvalue weighted by molar-refractivity contribution is -0.141. The molecule has 3 nitrogen and oxygen atoms in total. The number of hydrogen-bond acceptors (Lipinski definition) is 3. The maximum atomic E-state index is 13.1. The van der Waals surface area contributed by atoms with Crippen LogP contribution in [0.3, 0.4) is 0 Å². The lowest BCUT2D eigenvalue weighted by atomic mass is 9.79. The summed E-state index contributed by atoms with van der Waals surface area (Å²) in [4.78, 5) is 3.41. The Hall–Kier alpha value is -1.99. The van der Waals surface area contributed by atoms with Gasteiger partial charge in [0.05, 0.1) is 5.54 Å². The van der Waals surface area contributed by atoms with Crippen LogP contribution < -0.4 is 11.5 Å². The molecular formula is C15H15F4N3. The van der Waals surface area contributed by atoms with Gasteiger partial charge in [0.1, 0.15) is 11.5 Å². The zero-order valence-corrected chi connectivity index (χ0v) is 11.7. The van der Waals surface area contributed by atoms with Gasteiger partial charge in [-0.2, -0.15) is 13.2 Å². The van der Waals surface area contributed by atoms with Crippen molar-refractivity contribution >= 4 is 0 Å². The van der Waals surface area contributed by atoms with Crippen molar-refractivity contribution in [3.8, 4) is 0 Å². The summed E-state index contributed by atoms with van der Waals surface area (Å²) in [6.07, 6.45) is -3.48. The Balaban J connectivity index is 2.50. The second-order valence-electron chi connectivity index (χ2n) is 5.09. The molecule has 0 aliphatic rings. The van der Waals surface area contributed by atoms with E-state index in [9.17, 15) is 17.6 Å². The van der Waals surface area contributed by atoms with E-state index in [1.165, 1.54) is 30.3 Å². The third kappa shape index (κ3) is 2.95. The van der Waals surface area contributed by atoms with Gasteiger partial charge in [-0.3, -0.25) is 4.98 Å². The van der Waals surface area contributed by atoms with Gasteiger partial charge in [0.2, 0.25) is 0 Å². The summed E-state index contributed by atoms with van der Waals surface area (Å²) in [5, 5.41) is 0. The van der Waals surface area contributed by atoms with E-state index in [0.717, 1.165) is 12.3 Å². The normalized spacial score (nSPS) is 16.1. The summed E-state index contributed by atoms with van der Waals surface area (Å²) in [5.74, 6) is -0.443. The van der Waals surface area contributed by atoms with Gasteiger partial charge >= 0.3 is 6.18 Å². The molecule has 0 saturated heterocycles. The molecule has 0 fully saturated rings. The predicted molar refractivity (Wildman–Crippen MR) is 74.3 cm³/mol. The van der Waals surface area contributed by atoms with Crippen LogP contribution in [0.15, 0.2) is 42.6 Å². The van der Waals surface area contributed by atoms with Crippen molar-refractivity contribution < 1.29 is 17.6 Å². The fraction of sp³-hybridized carbons (Fsp3) is 0.267. The molecular weight excluding hydrogens is 298 g/mol. The number of nitrogens with two attached hydrogens (primary N) is 2. The molecule has 0 aliphatic heterocycles. The molecule has 4 N–H and O–H groups in total. The highest BCUT2D eigenvalue weighted by Gasteiger charge is 2.36. The Morgan fingerprint density at radius 1 is 1.00 bits per heavy atom. The number of pyridine rings is 1. The number of hydrogen-bond donors (Lipinski definition) is 2. The van der Waals surface area contributed by atoms with Gasteiger partial charge in [0.15, 0.2) is 0 Å². The third-order valence-corrected chi connectivity index (χ3v) is 3.57. The van der Waals surface area contributed by atoms with Crippen LogP contribution in [0.2, 0.25) is 0 Å². The van der Waals surface area contributed by atoms with Crippen molar-refractivity contribution in [2.24, 2.45) is 11.5 Å². The molecule has 118 valence electrons. The van der Waals surface area contributed by atoms with Gasteiger partial charge in [-0.05, 0) is 36.2 Å². The predicted octanol–water partition coefficient (Wildman–Crippen LogP) is 2.79. The number of alkyl halides is 3. The van der Waals surface area contributed by atoms with Crippen molar-refractivity contribution in [2.75, 3.05) is 0 Å². The summed E-state index contributed by atoms with van der Waals surface area (Å²) in [6, 6.07) is 6.81. The van der Waals surface area contributed by atoms with Crippen LogP contribution in [-0.4, -0.2) is 11.0 Å². The Bertz CT molecular complexity index is 635. The first-order chi connectivity index (χ1) is 10.2. The van der Waals surface area contributed by atoms with Crippen molar-refractivity contribution in [1.29, 1.82) is 0 Å². The first kappa shape index (κ1) is 16.4. The summed E-state index contributed by atoms with van der Waals surface area (Å²) in [7, 11) is 0. The molecule has 22 heavy (non-hydrogen) atoms. The van der Waals surface area contributed by atoms with Crippen molar-refractivity contribution in [3.63, 3.8) is 0 Å². The van der Waals surface area contributed by atoms with E-state index in [1.807, 2.05) is 0 Å². The van der Waals surface area contributed by atoms with Crippen LogP contribution in [0, 0.1) is 5.82 Å². The molecule has 0 spiro atoms. The number of benzene rings is 1. The van der Waals surface area contributed by atoms with Gasteiger partial charge in [-0.15, -0.1) is 0 Å². The largest absolute Gasteiger partial charge is 0.433 e. The third-order valence-electron chi connectivity index (χ3n) is 3.57. The van der Waals surface area contributed by atoms with E-state index in [1.54, 1.807) is 6.92 Å². The van der Waals surface area contributed by atoms with Crippen molar-refractivity contribution in [1.82, 2.24) is 4.98 Å². The molecule has 0 bridgehead atoms. The zero-order valence-electron chi connectivity index (χ0n) is 11.7. The molecule has 1 aromatic carbocycles. The highest BCUT2D eigenvalue weighted by atomic mass is 19.4. The first-order valence-corrected chi connectivity index (χ1v) is 6.50. The number of rotatable bonds is 3. The van der Waals surface area contributed by atoms with Gasteiger partial charge in [-0.1, -0.05) is 18.2 Å². The van der Waals surface area contributed by atoms with Gasteiger partial charge in [0, 0.05) is 12.2 Å². The van der Waals surface area contributed by atoms with Crippen LogP contribution in [-0.2, 0) is 11.7 Å². The lowest BCUT2D eigenvalue weighted by Gasteiger charge is -2.34. The van der Waals surface area contributed by atoms with Crippen molar-refractivity contribution in [3.05, 3.63) is 65.2 Å². The molecule has 2 unspecified atom stereocenters. The molecule has 2 atom stereocenters. The maximum Gasteiger partial charge on any atom is 0.433 e. The standard InChI is InChI=1S/C15H15F4N3/c1-9(20)14(21,10-2-5-12(16)6-3-10)11-4-7-13(22-8-11)15(17,18)19/h2-9H,20-21H2,1H3. The van der Waals surface area contributed by atoms with E-state index in [4.69, 9.17) is 11.5 Å². The quantitative estimate of drug-likeness (QED) is 0.856. The zero-order chi connectivity index (χ0) is 16.5. The highest BCUT2D eigenvalue weighted by molar-refractivity contribution is 5.39. The first-order valence-electron chi connectivity index (χ1n) is 6.50. The SMILES string of the molecule is CC(N)C(N)(c1ccc(F)cc1)c1ccc(C(F)(F)F)nc1. The minimum atomic E-state index is -4.53.